The Balaban J connectivity index is 1.60. The SMILES string of the molecule is CN(C)c1cccc(C2CCCN2C(=O)c2cc3c(s2)CCC3)c1. The first-order valence-corrected chi connectivity index (χ1v) is 9.65. The van der Waals surface area contributed by atoms with Gasteiger partial charge in [0, 0.05) is 31.2 Å². The van der Waals surface area contributed by atoms with Crippen LogP contribution in [-0.4, -0.2) is 31.4 Å². The van der Waals surface area contributed by atoms with Gasteiger partial charge in [0.25, 0.3) is 5.91 Å². The fourth-order valence-corrected chi connectivity index (χ4v) is 5.15. The largest absolute Gasteiger partial charge is 0.378 e. The normalized spacial score (nSPS) is 19.6. The summed E-state index contributed by atoms with van der Waals surface area (Å²) >= 11 is 1.72. The van der Waals surface area contributed by atoms with Crippen LogP contribution >= 0.6 is 11.3 Å². The van der Waals surface area contributed by atoms with Crippen LogP contribution in [0.15, 0.2) is 30.3 Å². The maximum Gasteiger partial charge on any atom is 0.264 e. The summed E-state index contributed by atoms with van der Waals surface area (Å²) in [7, 11) is 4.12. The number of nitrogens with zero attached hydrogens (tertiary/aromatic N) is 2. The van der Waals surface area contributed by atoms with Crippen LogP contribution in [0.2, 0.25) is 0 Å². The summed E-state index contributed by atoms with van der Waals surface area (Å²) in [4.78, 5) is 19.7. The number of carbonyl (C=O) groups is 1. The average molecular weight is 340 g/mol. The summed E-state index contributed by atoms with van der Waals surface area (Å²) in [6, 6.07) is 11.0. The van der Waals surface area contributed by atoms with Crippen LogP contribution in [0.5, 0.6) is 0 Å². The van der Waals surface area contributed by atoms with E-state index in [9.17, 15) is 4.79 Å². The van der Waals surface area contributed by atoms with Crippen LogP contribution in [0.25, 0.3) is 0 Å². The van der Waals surface area contributed by atoms with Gasteiger partial charge in [0.15, 0.2) is 0 Å². The predicted octanol–water partition coefficient (Wildman–Crippen LogP) is 4.28. The molecule has 0 bridgehead atoms. The van der Waals surface area contributed by atoms with Gasteiger partial charge in [-0.2, -0.15) is 0 Å². The number of benzene rings is 1. The van der Waals surface area contributed by atoms with Gasteiger partial charge in [-0.3, -0.25) is 4.79 Å². The zero-order chi connectivity index (χ0) is 16.7. The average Bonchev–Trinajstić information content (AvgIpc) is 3.29. The fourth-order valence-electron chi connectivity index (χ4n) is 3.94. The van der Waals surface area contributed by atoms with Crippen molar-refractivity contribution in [2.75, 3.05) is 25.5 Å². The lowest BCUT2D eigenvalue weighted by molar-refractivity contribution is 0.0740. The summed E-state index contributed by atoms with van der Waals surface area (Å²) in [5.74, 6) is 0.229. The van der Waals surface area contributed by atoms with Crippen molar-refractivity contribution in [1.82, 2.24) is 4.90 Å². The molecule has 1 aliphatic carbocycles. The van der Waals surface area contributed by atoms with Gasteiger partial charge in [0.1, 0.15) is 0 Å². The van der Waals surface area contributed by atoms with Gasteiger partial charge in [0.2, 0.25) is 0 Å². The summed E-state index contributed by atoms with van der Waals surface area (Å²) < 4.78 is 0. The van der Waals surface area contributed by atoms with Crippen molar-refractivity contribution >= 4 is 22.9 Å². The van der Waals surface area contributed by atoms with Crippen molar-refractivity contribution in [1.29, 1.82) is 0 Å². The van der Waals surface area contributed by atoms with Gasteiger partial charge < -0.3 is 9.80 Å². The Morgan fingerprint density at radius 3 is 2.88 bits per heavy atom. The number of fused-ring (bicyclic) bond motifs is 1. The topological polar surface area (TPSA) is 23.6 Å². The fraction of sp³-hybridized carbons (Fsp3) is 0.450. The van der Waals surface area contributed by atoms with E-state index in [2.05, 4.69) is 54.2 Å². The Kier molecular flexibility index (Phi) is 4.09. The number of hydrogen-bond acceptors (Lipinski definition) is 3. The molecule has 1 aromatic carbocycles. The number of amides is 1. The van der Waals surface area contributed by atoms with Crippen molar-refractivity contribution < 1.29 is 4.79 Å². The third kappa shape index (κ3) is 2.73. The maximum atomic E-state index is 13.1. The Morgan fingerprint density at radius 1 is 1.21 bits per heavy atom. The second-order valence-electron chi connectivity index (χ2n) is 7.06. The van der Waals surface area contributed by atoms with E-state index >= 15 is 0 Å². The predicted molar refractivity (Wildman–Crippen MR) is 100 cm³/mol. The number of likely N-dealkylation sites (tertiary alicyclic amines) is 1. The smallest absolute Gasteiger partial charge is 0.264 e. The van der Waals surface area contributed by atoms with Gasteiger partial charge in [-0.1, -0.05) is 12.1 Å². The number of carbonyl (C=O) groups excluding carboxylic acids is 1. The highest BCUT2D eigenvalue weighted by molar-refractivity contribution is 7.14. The van der Waals surface area contributed by atoms with E-state index < -0.39 is 0 Å². The minimum atomic E-state index is 0.217. The van der Waals surface area contributed by atoms with Crippen LogP contribution in [0.4, 0.5) is 5.69 Å². The zero-order valence-electron chi connectivity index (χ0n) is 14.4. The molecule has 1 aromatic heterocycles. The molecule has 2 heterocycles. The monoisotopic (exact) mass is 340 g/mol. The van der Waals surface area contributed by atoms with Gasteiger partial charge in [0.05, 0.1) is 10.9 Å². The van der Waals surface area contributed by atoms with Crippen molar-refractivity contribution in [3.63, 3.8) is 0 Å². The van der Waals surface area contributed by atoms with Crippen LogP contribution < -0.4 is 4.90 Å². The van der Waals surface area contributed by atoms with Crippen LogP contribution in [0, 0.1) is 0 Å². The van der Waals surface area contributed by atoms with Crippen LogP contribution in [-0.2, 0) is 12.8 Å². The highest BCUT2D eigenvalue weighted by Crippen LogP contribution is 2.37. The van der Waals surface area contributed by atoms with E-state index in [1.54, 1.807) is 11.3 Å². The van der Waals surface area contributed by atoms with Gasteiger partial charge in [-0.05, 0) is 61.4 Å². The third-order valence-electron chi connectivity index (χ3n) is 5.24. The minimum Gasteiger partial charge on any atom is -0.378 e. The summed E-state index contributed by atoms with van der Waals surface area (Å²) in [5.41, 5.74) is 3.87. The summed E-state index contributed by atoms with van der Waals surface area (Å²) in [6.07, 6.45) is 5.70. The lowest BCUT2D eigenvalue weighted by Crippen LogP contribution is -2.30. The van der Waals surface area contributed by atoms with E-state index in [0.29, 0.717) is 0 Å². The quantitative estimate of drug-likeness (QED) is 0.832. The van der Waals surface area contributed by atoms with Crippen molar-refractivity contribution in [2.45, 2.75) is 38.1 Å². The Morgan fingerprint density at radius 2 is 2.08 bits per heavy atom. The van der Waals surface area contributed by atoms with E-state index in [4.69, 9.17) is 0 Å². The zero-order valence-corrected chi connectivity index (χ0v) is 15.2. The molecular formula is C20H24N2OS. The molecule has 1 unspecified atom stereocenters. The highest BCUT2D eigenvalue weighted by Gasteiger charge is 2.32. The first-order valence-electron chi connectivity index (χ1n) is 8.83. The molecule has 24 heavy (non-hydrogen) atoms. The molecule has 1 saturated heterocycles. The van der Waals surface area contributed by atoms with E-state index in [1.165, 1.54) is 28.1 Å². The highest BCUT2D eigenvalue weighted by atomic mass is 32.1. The molecular weight excluding hydrogens is 316 g/mol. The van der Waals surface area contributed by atoms with Gasteiger partial charge in [-0.15, -0.1) is 11.3 Å². The summed E-state index contributed by atoms with van der Waals surface area (Å²) in [5, 5.41) is 0. The van der Waals surface area contributed by atoms with Crippen molar-refractivity contribution in [2.24, 2.45) is 0 Å². The Hall–Kier alpha value is -1.81. The molecule has 1 aliphatic heterocycles. The molecule has 0 spiro atoms. The molecule has 1 fully saturated rings. The molecule has 2 aliphatic rings. The van der Waals surface area contributed by atoms with E-state index in [-0.39, 0.29) is 11.9 Å². The first kappa shape index (κ1) is 15.7. The second kappa shape index (κ2) is 6.25. The molecule has 126 valence electrons. The molecule has 4 heteroatoms. The molecule has 2 aromatic rings. The van der Waals surface area contributed by atoms with Crippen molar-refractivity contribution in [3.8, 4) is 0 Å². The maximum absolute atomic E-state index is 13.1. The first-order chi connectivity index (χ1) is 11.6. The summed E-state index contributed by atoms with van der Waals surface area (Å²) in [6.45, 7) is 0.873. The number of anilines is 1. The standard InChI is InChI=1S/C20H24N2OS/c1-21(2)16-8-3-6-14(12-16)17-9-5-11-22(17)20(23)19-13-15-7-4-10-18(15)24-19/h3,6,8,12-13,17H,4-5,7,9-11H2,1-2H3. The number of aryl methyl sites for hydroxylation is 2. The molecule has 0 saturated carbocycles. The number of hydrogen-bond donors (Lipinski definition) is 0. The van der Waals surface area contributed by atoms with E-state index in [1.807, 2.05) is 0 Å². The number of thiophene rings is 1. The van der Waals surface area contributed by atoms with Crippen LogP contribution in [0.3, 0.4) is 0 Å². The Bertz CT molecular complexity index is 743. The van der Waals surface area contributed by atoms with Gasteiger partial charge in [-0.25, -0.2) is 0 Å². The lowest BCUT2D eigenvalue weighted by atomic mass is 10.0. The number of rotatable bonds is 3. The lowest BCUT2D eigenvalue weighted by Gasteiger charge is -2.25. The molecule has 1 amide bonds. The third-order valence-corrected chi connectivity index (χ3v) is 6.47. The minimum absolute atomic E-state index is 0.217. The second-order valence-corrected chi connectivity index (χ2v) is 8.20. The Labute approximate surface area is 147 Å². The van der Waals surface area contributed by atoms with Gasteiger partial charge >= 0.3 is 0 Å². The molecule has 1 atom stereocenters. The van der Waals surface area contributed by atoms with Crippen LogP contribution in [0.1, 0.15) is 51.0 Å². The molecule has 4 rings (SSSR count). The van der Waals surface area contributed by atoms with E-state index in [0.717, 1.165) is 37.1 Å². The molecule has 3 nitrogen and oxygen atoms in total. The van der Waals surface area contributed by atoms with Crippen molar-refractivity contribution in [3.05, 3.63) is 51.2 Å². The molecule has 0 radical (unpaired) electrons. The molecule has 0 N–H and O–H groups in total.